The molecule has 0 aliphatic heterocycles. The van der Waals surface area contributed by atoms with Gasteiger partial charge >= 0.3 is 0 Å². The van der Waals surface area contributed by atoms with Crippen molar-refractivity contribution in [3.63, 3.8) is 0 Å². The van der Waals surface area contributed by atoms with E-state index in [1.807, 2.05) is 18.3 Å². The maximum absolute atomic E-state index is 9.29. The molecular weight excluding hydrogens is 217 g/mol. The highest BCUT2D eigenvalue weighted by atomic mass is 32.1. The number of pyridine rings is 1. The molecule has 16 heavy (non-hydrogen) atoms. The van der Waals surface area contributed by atoms with Crippen LogP contribution < -0.4 is 5.46 Å². The summed E-state index contributed by atoms with van der Waals surface area (Å²) >= 11 is 1.66. The number of nitrogens with zero attached hydrogens (tertiary/aromatic N) is 1. The van der Waals surface area contributed by atoms with Gasteiger partial charge in [-0.25, -0.2) is 0 Å². The van der Waals surface area contributed by atoms with Crippen molar-refractivity contribution in [2.24, 2.45) is 0 Å². The van der Waals surface area contributed by atoms with E-state index in [1.54, 1.807) is 11.3 Å². The van der Waals surface area contributed by atoms with Gasteiger partial charge in [-0.2, -0.15) is 0 Å². The number of aromatic nitrogens is 1. The second-order valence-corrected chi connectivity index (χ2v) is 4.95. The molecule has 0 saturated carbocycles. The molecule has 3 rings (SSSR count). The van der Waals surface area contributed by atoms with Crippen molar-refractivity contribution in [1.29, 1.82) is 0 Å². The van der Waals surface area contributed by atoms with Crippen LogP contribution in [-0.4, -0.2) is 17.9 Å². The first-order chi connectivity index (χ1) is 7.81. The van der Waals surface area contributed by atoms with E-state index in [0.717, 1.165) is 10.4 Å². The monoisotopic (exact) mass is 227 g/mol. The van der Waals surface area contributed by atoms with E-state index in [1.165, 1.54) is 20.9 Å². The minimum absolute atomic E-state index is 0.118. The molecule has 1 aromatic carbocycles. The summed E-state index contributed by atoms with van der Waals surface area (Å²) < 4.78 is 1.22. The van der Waals surface area contributed by atoms with Crippen LogP contribution in [0.25, 0.3) is 21.0 Å². The average molecular weight is 227 g/mol. The Morgan fingerprint density at radius 1 is 1.31 bits per heavy atom. The average Bonchev–Trinajstić information content (AvgIpc) is 2.66. The zero-order valence-electron chi connectivity index (χ0n) is 8.90. The molecule has 0 bridgehead atoms. The third-order valence-electron chi connectivity index (χ3n) is 2.92. The summed E-state index contributed by atoms with van der Waals surface area (Å²) in [7, 11) is 2.07. The lowest BCUT2D eigenvalue weighted by Gasteiger charge is -1.99. The van der Waals surface area contributed by atoms with Gasteiger partial charge in [-0.05, 0) is 23.6 Å². The van der Waals surface area contributed by atoms with E-state index in [4.69, 9.17) is 0 Å². The molecule has 0 fully saturated rings. The third-order valence-corrected chi connectivity index (χ3v) is 4.16. The molecule has 78 valence electrons. The van der Waals surface area contributed by atoms with E-state index >= 15 is 0 Å². The van der Waals surface area contributed by atoms with E-state index < -0.39 is 0 Å². The van der Waals surface area contributed by atoms with Crippen LogP contribution in [0.15, 0.2) is 30.5 Å². The van der Waals surface area contributed by atoms with Gasteiger partial charge in [-0.15, -0.1) is 11.3 Å². The highest BCUT2D eigenvalue weighted by molar-refractivity contribution is 7.20. The molecule has 2 heterocycles. The molecule has 0 amide bonds. The molecule has 0 spiro atoms. The van der Waals surface area contributed by atoms with Crippen LogP contribution in [0, 0.1) is 0 Å². The number of benzene rings is 1. The Labute approximate surface area is 98.0 Å². The Morgan fingerprint density at radius 2 is 2.19 bits per heavy atom. The van der Waals surface area contributed by atoms with Crippen LogP contribution in [0.1, 0.15) is 4.88 Å². The summed E-state index contributed by atoms with van der Waals surface area (Å²) in [5.74, 6) is 0. The van der Waals surface area contributed by atoms with Gasteiger partial charge in [0.2, 0.25) is 0 Å². The Hall–Kier alpha value is -1.39. The maximum atomic E-state index is 9.29. The quantitative estimate of drug-likeness (QED) is 0.633. The van der Waals surface area contributed by atoms with E-state index in [2.05, 4.69) is 25.0 Å². The highest BCUT2D eigenvalue weighted by Gasteiger charge is 2.10. The van der Waals surface area contributed by atoms with Gasteiger partial charge in [-0.1, -0.05) is 11.5 Å². The second kappa shape index (κ2) is 3.58. The minimum atomic E-state index is 0.118. The molecule has 3 aromatic rings. The van der Waals surface area contributed by atoms with Crippen molar-refractivity contribution < 1.29 is 5.11 Å². The molecule has 0 aliphatic rings. The summed E-state index contributed by atoms with van der Waals surface area (Å²) in [5, 5.41) is 11.7. The van der Waals surface area contributed by atoms with Crippen molar-refractivity contribution in [1.82, 2.24) is 4.98 Å². The number of aliphatic hydroxyl groups excluding tert-OH is 1. The first-order valence-corrected chi connectivity index (χ1v) is 5.99. The largest absolute Gasteiger partial charge is 0.391 e. The number of hydrogen-bond acceptors (Lipinski definition) is 3. The van der Waals surface area contributed by atoms with E-state index in [0.29, 0.717) is 0 Å². The lowest BCUT2D eigenvalue weighted by Crippen LogP contribution is -2.05. The summed E-state index contributed by atoms with van der Waals surface area (Å²) in [6.07, 6.45) is 1.81. The van der Waals surface area contributed by atoms with Gasteiger partial charge in [0.15, 0.2) is 0 Å². The molecule has 0 aliphatic carbocycles. The minimum Gasteiger partial charge on any atom is -0.391 e. The van der Waals surface area contributed by atoms with Crippen LogP contribution in [0.5, 0.6) is 0 Å². The van der Waals surface area contributed by atoms with Crippen LogP contribution in [0.2, 0.25) is 0 Å². The number of hydrogen-bond donors (Lipinski definition) is 1. The van der Waals surface area contributed by atoms with Crippen molar-refractivity contribution >= 4 is 45.6 Å². The zero-order chi connectivity index (χ0) is 11.1. The molecule has 2 aromatic heterocycles. The smallest absolute Gasteiger partial charge is 0.141 e. The standard InChI is InChI=1S/C12H10BNOS/c13-12-10(6-15)16-9-4-3-8-7(11(9)12)2-1-5-14-8/h1-5,15H,6,13H2. The summed E-state index contributed by atoms with van der Waals surface area (Å²) in [6, 6.07) is 8.17. The fourth-order valence-electron chi connectivity index (χ4n) is 2.10. The van der Waals surface area contributed by atoms with Crippen LogP contribution in [0.4, 0.5) is 0 Å². The van der Waals surface area contributed by atoms with Crippen LogP contribution >= 0.6 is 11.3 Å². The predicted molar refractivity (Wildman–Crippen MR) is 71.2 cm³/mol. The van der Waals surface area contributed by atoms with Gasteiger partial charge in [0, 0.05) is 21.2 Å². The van der Waals surface area contributed by atoms with E-state index in [9.17, 15) is 5.11 Å². The molecule has 0 unspecified atom stereocenters. The summed E-state index contributed by atoms with van der Waals surface area (Å²) in [6.45, 7) is 0.118. The Bertz CT molecular complexity index is 677. The Balaban J connectivity index is 2.54. The fraction of sp³-hybridized carbons (Fsp3) is 0.0833. The Kier molecular flexibility index (Phi) is 2.19. The lowest BCUT2D eigenvalue weighted by atomic mass is 9.91. The Morgan fingerprint density at radius 3 is 3.00 bits per heavy atom. The van der Waals surface area contributed by atoms with E-state index in [-0.39, 0.29) is 6.61 Å². The second-order valence-electron chi connectivity index (χ2n) is 3.82. The van der Waals surface area contributed by atoms with Gasteiger partial charge in [0.05, 0.1) is 12.1 Å². The first kappa shape index (κ1) is 9.81. The number of thiophene rings is 1. The molecule has 1 N–H and O–H groups in total. The van der Waals surface area contributed by atoms with Gasteiger partial charge in [0.1, 0.15) is 7.85 Å². The molecule has 2 nitrogen and oxygen atoms in total. The molecule has 4 heteroatoms. The van der Waals surface area contributed by atoms with Gasteiger partial charge in [0.25, 0.3) is 0 Å². The van der Waals surface area contributed by atoms with Crippen molar-refractivity contribution in [2.75, 3.05) is 0 Å². The highest BCUT2D eigenvalue weighted by Crippen LogP contribution is 2.28. The number of aliphatic hydroxyl groups is 1. The fourth-order valence-corrected chi connectivity index (χ4v) is 3.19. The SMILES string of the molecule is Bc1c(CO)sc2ccc3ncccc3c12. The zero-order valence-corrected chi connectivity index (χ0v) is 9.71. The van der Waals surface area contributed by atoms with Gasteiger partial charge in [-0.3, -0.25) is 4.98 Å². The normalized spacial score (nSPS) is 11.3. The van der Waals surface area contributed by atoms with Crippen LogP contribution in [0.3, 0.4) is 0 Å². The summed E-state index contributed by atoms with van der Waals surface area (Å²) in [4.78, 5) is 5.40. The molecular formula is C12H10BNOS. The van der Waals surface area contributed by atoms with Crippen LogP contribution in [-0.2, 0) is 6.61 Å². The number of rotatable bonds is 1. The first-order valence-electron chi connectivity index (χ1n) is 5.18. The predicted octanol–water partition coefficient (Wildman–Crippen LogP) is 1.20. The lowest BCUT2D eigenvalue weighted by molar-refractivity contribution is 0.286. The van der Waals surface area contributed by atoms with Crippen molar-refractivity contribution in [3.8, 4) is 0 Å². The third kappa shape index (κ3) is 1.27. The van der Waals surface area contributed by atoms with Crippen molar-refractivity contribution in [3.05, 3.63) is 35.3 Å². The molecule has 0 radical (unpaired) electrons. The number of fused-ring (bicyclic) bond motifs is 3. The molecule has 0 atom stereocenters. The topological polar surface area (TPSA) is 33.1 Å². The molecule has 0 saturated heterocycles. The maximum Gasteiger partial charge on any atom is 0.141 e. The van der Waals surface area contributed by atoms with Crippen molar-refractivity contribution in [2.45, 2.75) is 6.61 Å². The van der Waals surface area contributed by atoms with Gasteiger partial charge < -0.3 is 5.11 Å². The summed E-state index contributed by atoms with van der Waals surface area (Å²) in [5.41, 5.74) is 2.20.